The summed E-state index contributed by atoms with van der Waals surface area (Å²) in [7, 11) is 0. The maximum absolute atomic E-state index is 12.7. The lowest BCUT2D eigenvalue weighted by molar-refractivity contribution is -0.159. The number of para-hydroxylation sites is 3. The second kappa shape index (κ2) is 10.9. The van der Waals surface area contributed by atoms with Crippen molar-refractivity contribution in [1.29, 1.82) is 0 Å². The van der Waals surface area contributed by atoms with Crippen LogP contribution < -0.4 is 9.47 Å². The highest BCUT2D eigenvalue weighted by atomic mass is 16.5. The minimum atomic E-state index is -1.82. The molecule has 1 amide bonds. The van der Waals surface area contributed by atoms with Crippen LogP contribution in [0.15, 0.2) is 42.5 Å². The van der Waals surface area contributed by atoms with Gasteiger partial charge >= 0.3 is 11.9 Å². The molecule has 1 aromatic heterocycles. The average Bonchev–Trinajstić information content (AvgIpc) is 3.41. The van der Waals surface area contributed by atoms with Gasteiger partial charge in [-0.1, -0.05) is 24.3 Å². The second-order valence-corrected chi connectivity index (χ2v) is 9.54. The van der Waals surface area contributed by atoms with Crippen molar-refractivity contribution in [2.45, 2.75) is 32.4 Å². The van der Waals surface area contributed by atoms with Crippen molar-refractivity contribution in [2.75, 3.05) is 32.8 Å². The fraction of sp³-hybridized carbons (Fsp3) is 0.385. The number of fused-ring (bicyclic) bond motifs is 2. The Morgan fingerprint density at radius 3 is 2.41 bits per heavy atom. The van der Waals surface area contributed by atoms with Gasteiger partial charge in [0.05, 0.1) is 17.6 Å². The van der Waals surface area contributed by atoms with Crippen LogP contribution in [0.25, 0.3) is 11.0 Å². The van der Waals surface area contributed by atoms with Crippen LogP contribution in [0.4, 0.5) is 0 Å². The summed E-state index contributed by atoms with van der Waals surface area (Å²) in [5.74, 6) is -1.25. The van der Waals surface area contributed by atoms with E-state index >= 15 is 0 Å². The van der Waals surface area contributed by atoms with E-state index in [-0.39, 0.29) is 18.1 Å². The topological polar surface area (TPSA) is 145 Å². The molecule has 3 heterocycles. The summed E-state index contributed by atoms with van der Waals surface area (Å²) >= 11 is 0. The molecule has 2 aliphatic heterocycles. The fourth-order valence-corrected chi connectivity index (χ4v) is 4.38. The number of carbonyl (C=O) groups excluding carboxylic acids is 1. The molecule has 11 heteroatoms. The van der Waals surface area contributed by atoms with Gasteiger partial charge in [0.25, 0.3) is 5.91 Å². The Morgan fingerprint density at radius 2 is 1.73 bits per heavy atom. The summed E-state index contributed by atoms with van der Waals surface area (Å²) < 4.78 is 11.9. The minimum Gasteiger partial charge on any atom is -0.483 e. The number of rotatable bonds is 5. The number of aliphatic carboxylic acids is 2. The van der Waals surface area contributed by atoms with Crippen LogP contribution in [0.5, 0.6) is 11.5 Å². The van der Waals surface area contributed by atoms with E-state index < -0.39 is 11.9 Å². The lowest BCUT2D eigenvalue weighted by atomic mass is 10.0. The second-order valence-electron chi connectivity index (χ2n) is 9.54. The van der Waals surface area contributed by atoms with E-state index in [1.165, 1.54) is 0 Å². The molecular weight excluding hydrogens is 480 g/mol. The number of ether oxygens (including phenoxy) is 2. The molecule has 0 saturated carbocycles. The van der Waals surface area contributed by atoms with E-state index in [4.69, 9.17) is 29.3 Å². The predicted octanol–water partition coefficient (Wildman–Crippen LogP) is 2.16. The third-order valence-corrected chi connectivity index (χ3v) is 6.13. The zero-order chi connectivity index (χ0) is 26.6. The van der Waals surface area contributed by atoms with Crippen molar-refractivity contribution in [3.8, 4) is 11.5 Å². The summed E-state index contributed by atoms with van der Waals surface area (Å²) in [6.07, 6.45) is 0.848. The van der Waals surface area contributed by atoms with Gasteiger partial charge in [-0.15, -0.1) is 0 Å². The van der Waals surface area contributed by atoms with Gasteiger partial charge < -0.3 is 29.6 Å². The molecule has 2 aromatic carbocycles. The van der Waals surface area contributed by atoms with Crippen molar-refractivity contribution >= 4 is 28.9 Å². The number of hydrogen-bond acceptors (Lipinski definition) is 7. The van der Waals surface area contributed by atoms with Crippen molar-refractivity contribution in [1.82, 2.24) is 19.8 Å². The maximum atomic E-state index is 12.7. The maximum Gasteiger partial charge on any atom is 0.414 e. The van der Waals surface area contributed by atoms with Crippen molar-refractivity contribution in [3.63, 3.8) is 0 Å². The molecule has 196 valence electrons. The molecule has 3 N–H and O–H groups in total. The lowest BCUT2D eigenvalue weighted by Crippen LogP contribution is -2.49. The molecule has 3 aromatic rings. The lowest BCUT2D eigenvalue weighted by Gasteiger charge is -2.34. The van der Waals surface area contributed by atoms with Gasteiger partial charge in [0.2, 0.25) is 0 Å². The Bertz CT molecular complexity index is 1250. The number of aromatic amines is 1. The molecule has 0 atom stereocenters. The Labute approximate surface area is 213 Å². The summed E-state index contributed by atoms with van der Waals surface area (Å²) in [6.45, 7) is 7.94. The zero-order valence-corrected chi connectivity index (χ0v) is 20.8. The number of piperazine rings is 1. The minimum absolute atomic E-state index is 0.0123. The number of carboxylic acid groups (broad SMARTS) is 2. The van der Waals surface area contributed by atoms with E-state index in [9.17, 15) is 4.79 Å². The van der Waals surface area contributed by atoms with Gasteiger partial charge in [0.15, 0.2) is 18.1 Å². The number of benzene rings is 2. The number of carboxylic acids is 2. The molecule has 11 nitrogen and oxygen atoms in total. The van der Waals surface area contributed by atoms with Crippen molar-refractivity contribution < 1.29 is 34.1 Å². The molecule has 37 heavy (non-hydrogen) atoms. The number of hydrogen-bond donors (Lipinski definition) is 3. The van der Waals surface area contributed by atoms with Gasteiger partial charge in [-0.2, -0.15) is 0 Å². The number of H-pyrrole nitrogens is 1. The fourth-order valence-electron chi connectivity index (χ4n) is 4.38. The number of carbonyl (C=O) groups is 3. The molecule has 0 aliphatic carbocycles. The molecule has 5 rings (SSSR count). The molecule has 2 aliphatic rings. The smallest absolute Gasteiger partial charge is 0.414 e. The van der Waals surface area contributed by atoms with E-state index in [1.807, 2.05) is 41.3 Å². The van der Waals surface area contributed by atoms with E-state index in [2.05, 4.69) is 34.8 Å². The summed E-state index contributed by atoms with van der Waals surface area (Å²) in [6, 6.07) is 13.9. The monoisotopic (exact) mass is 510 g/mol. The van der Waals surface area contributed by atoms with Gasteiger partial charge in [-0.3, -0.25) is 9.69 Å². The summed E-state index contributed by atoms with van der Waals surface area (Å²) in [5, 5.41) is 14.8. The number of imidazole rings is 1. The Kier molecular flexibility index (Phi) is 7.63. The molecule has 1 saturated heterocycles. The molecular formula is C26H30N4O7. The van der Waals surface area contributed by atoms with E-state index in [1.54, 1.807) is 0 Å². The Morgan fingerprint density at radius 1 is 1.03 bits per heavy atom. The van der Waals surface area contributed by atoms with Crippen molar-refractivity contribution in [2.24, 2.45) is 0 Å². The standard InChI is InChI=1S/C24H28N4O3.C2H2O4/c1-24(2)14-17-6-5-9-20(23(17)31-24)30-16-22(29)28-12-10-27(11-13-28)15-21-25-18-7-3-4-8-19(18)26-21;3-1(4)2(5)6/h3-9H,10-16H2,1-2H3,(H,25,26);(H,3,4)(H,5,6). The molecule has 0 bridgehead atoms. The molecule has 0 unspecified atom stereocenters. The highest BCUT2D eigenvalue weighted by Crippen LogP contribution is 2.41. The zero-order valence-electron chi connectivity index (χ0n) is 20.8. The third kappa shape index (κ3) is 6.56. The highest BCUT2D eigenvalue weighted by molar-refractivity contribution is 6.27. The number of amides is 1. The summed E-state index contributed by atoms with van der Waals surface area (Å²) in [5.41, 5.74) is 2.95. The Hall–Kier alpha value is -4.12. The van der Waals surface area contributed by atoms with Gasteiger partial charge in [-0.25, -0.2) is 14.6 Å². The summed E-state index contributed by atoms with van der Waals surface area (Å²) in [4.78, 5) is 43.1. The first-order valence-corrected chi connectivity index (χ1v) is 11.9. The number of nitrogens with zero attached hydrogens (tertiary/aromatic N) is 3. The first-order valence-electron chi connectivity index (χ1n) is 11.9. The van der Waals surface area contributed by atoms with Crippen LogP contribution in [0.3, 0.4) is 0 Å². The number of nitrogens with one attached hydrogen (secondary N) is 1. The molecule has 0 spiro atoms. The van der Waals surface area contributed by atoms with Crippen LogP contribution in [-0.2, 0) is 27.3 Å². The SMILES string of the molecule is CC1(C)Cc2cccc(OCC(=O)N3CCN(Cc4nc5ccccc5[nH]4)CC3)c2O1.O=C(O)C(=O)O. The highest BCUT2D eigenvalue weighted by Gasteiger charge is 2.32. The normalized spacial score (nSPS) is 16.3. The van der Waals surface area contributed by atoms with Gasteiger partial charge in [-0.05, 0) is 32.0 Å². The van der Waals surface area contributed by atoms with E-state index in [0.29, 0.717) is 18.8 Å². The predicted molar refractivity (Wildman–Crippen MR) is 134 cm³/mol. The van der Waals surface area contributed by atoms with Crippen LogP contribution in [-0.4, -0.2) is 86.2 Å². The average molecular weight is 511 g/mol. The van der Waals surface area contributed by atoms with Crippen LogP contribution in [0.2, 0.25) is 0 Å². The van der Waals surface area contributed by atoms with E-state index in [0.717, 1.165) is 54.2 Å². The van der Waals surface area contributed by atoms with Gasteiger partial charge in [0, 0.05) is 38.2 Å². The quantitative estimate of drug-likeness (QED) is 0.440. The molecule has 1 fully saturated rings. The first kappa shape index (κ1) is 26.0. The van der Waals surface area contributed by atoms with Crippen LogP contribution >= 0.6 is 0 Å². The molecule has 0 radical (unpaired) electrons. The largest absolute Gasteiger partial charge is 0.483 e. The first-order chi connectivity index (χ1) is 17.6. The third-order valence-electron chi connectivity index (χ3n) is 6.13. The number of aromatic nitrogens is 2. The van der Waals surface area contributed by atoms with Gasteiger partial charge in [0.1, 0.15) is 11.4 Å². The van der Waals surface area contributed by atoms with Crippen LogP contribution in [0, 0.1) is 0 Å². The van der Waals surface area contributed by atoms with Crippen LogP contribution in [0.1, 0.15) is 25.2 Å². The van der Waals surface area contributed by atoms with Crippen molar-refractivity contribution in [3.05, 3.63) is 53.9 Å². The Balaban J connectivity index is 0.000000480.